The second-order valence-corrected chi connectivity index (χ2v) is 5.99. The number of urea groups is 1. The molecule has 118 valence electrons. The van der Waals surface area contributed by atoms with E-state index in [9.17, 15) is 18.7 Å². The smallest absolute Gasteiger partial charge is 0.319 e. The molecule has 1 rings (SSSR count). The van der Waals surface area contributed by atoms with Crippen LogP contribution in [0.3, 0.4) is 0 Å². The van der Waals surface area contributed by atoms with Gasteiger partial charge in [0.25, 0.3) is 5.76 Å². The number of alkyl halides is 2. The lowest BCUT2D eigenvalue weighted by Gasteiger charge is -2.14. The lowest BCUT2D eigenvalue weighted by Crippen LogP contribution is -2.33. The van der Waals surface area contributed by atoms with Gasteiger partial charge in [-0.25, -0.2) is 4.79 Å². The Hall–Kier alpha value is -1.34. The number of hydrogen-bond donors (Lipinski definition) is 3. The number of anilines is 1. The number of rotatable bonds is 7. The van der Waals surface area contributed by atoms with Gasteiger partial charge in [-0.1, -0.05) is 18.7 Å². The van der Waals surface area contributed by atoms with Crippen LogP contribution in [0.15, 0.2) is 29.2 Å². The molecule has 0 spiro atoms. The van der Waals surface area contributed by atoms with Crippen molar-refractivity contribution < 1.29 is 18.7 Å². The molecule has 0 saturated heterocycles. The van der Waals surface area contributed by atoms with Gasteiger partial charge < -0.3 is 15.7 Å². The summed E-state index contributed by atoms with van der Waals surface area (Å²) in [6.07, 6.45) is 0.213. The van der Waals surface area contributed by atoms with Crippen LogP contribution in [0, 0.1) is 5.92 Å². The van der Waals surface area contributed by atoms with Gasteiger partial charge in [0, 0.05) is 17.1 Å². The molecule has 2 atom stereocenters. The standard InChI is InChI=1S/C14H20F2N2O2S/c1-9(7-10(2)19)8-17-14(20)18-11-3-5-12(6-4-11)21-13(15)16/h3-6,9-10,13,19H,7-8H2,1-2H3,(H2,17,18,20). The first kappa shape index (κ1) is 17.7. The van der Waals surface area contributed by atoms with Gasteiger partial charge in [-0.3, -0.25) is 0 Å². The number of thioether (sulfide) groups is 1. The largest absolute Gasteiger partial charge is 0.393 e. The van der Waals surface area contributed by atoms with Gasteiger partial charge in [0.1, 0.15) is 0 Å². The summed E-state index contributed by atoms with van der Waals surface area (Å²) in [6.45, 7) is 4.09. The van der Waals surface area contributed by atoms with Crippen LogP contribution in [0.2, 0.25) is 0 Å². The van der Waals surface area contributed by atoms with E-state index < -0.39 is 11.9 Å². The number of carbonyl (C=O) groups is 1. The third-order valence-corrected chi connectivity index (χ3v) is 3.41. The van der Waals surface area contributed by atoms with E-state index in [2.05, 4.69) is 10.6 Å². The number of amides is 2. The van der Waals surface area contributed by atoms with Crippen molar-refractivity contribution in [2.75, 3.05) is 11.9 Å². The molecule has 2 unspecified atom stereocenters. The van der Waals surface area contributed by atoms with Crippen molar-refractivity contribution in [1.29, 1.82) is 0 Å². The van der Waals surface area contributed by atoms with E-state index in [1.54, 1.807) is 19.1 Å². The molecule has 1 aromatic rings. The highest BCUT2D eigenvalue weighted by molar-refractivity contribution is 7.99. The highest BCUT2D eigenvalue weighted by Crippen LogP contribution is 2.26. The topological polar surface area (TPSA) is 61.4 Å². The molecule has 0 aromatic heterocycles. The zero-order chi connectivity index (χ0) is 15.8. The Morgan fingerprint density at radius 1 is 1.29 bits per heavy atom. The summed E-state index contributed by atoms with van der Waals surface area (Å²) in [5.41, 5.74) is 0.536. The molecule has 0 aliphatic rings. The fourth-order valence-electron chi connectivity index (χ4n) is 1.83. The maximum Gasteiger partial charge on any atom is 0.319 e. The Balaban J connectivity index is 2.37. The highest BCUT2D eigenvalue weighted by Gasteiger charge is 2.09. The zero-order valence-corrected chi connectivity index (χ0v) is 12.8. The van der Waals surface area contributed by atoms with E-state index in [0.29, 0.717) is 35.3 Å². The number of halogens is 2. The molecule has 0 fully saturated rings. The van der Waals surface area contributed by atoms with Gasteiger partial charge in [-0.2, -0.15) is 8.78 Å². The van der Waals surface area contributed by atoms with E-state index >= 15 is 0 Å². The van der Waals surface area contributed by atoms with Crippen LogP contribution in [0.4, 0.5) is 19.3 Å². The molecule has 0 bridgehead atoms. The van der Waals surface area contributed by atoms with E-state index in [0.717, 1.165) is 0 Å². The van der Waals surface area contributed by atoms with Crippen LogP contribution in [-0.2, 0) is 0 Å². The first-order valence-corrected chi connectivity index (χ1v) is 7.52. The first-order valence-electron chi connectivity index (χ1n) is 6.64. The normalized spacial score (nSPS) is 13.8. The number of carbonyl (C=O) groups excluding carboxylic acids is 1. The number of benzene rings is 1. The number of nitrogens with one attached hydrogen (secondary N) is 2. The van der Waals surface area contributed by atoms with Crippen molar-refractivity contribution in [2.45, 2.75) is 37.0 Å². The van der Waals surface area contributed by atoms with E-state index in [1.807, 2.05) is 6.92 Å². The Morgan fingerprint density at radius 2 is 1.90 bits per heavy atom. The van der Waals surface area contributed by atoms with Crippen molar-refractivity contribution in [3.8, 4) is 0 Å². The maximum atomic E-state index is 12.2. The van der Waals surface area contributed by atoms with Crippen LogP contribution in [0.1, 0.15) is 20.3 Å². The highest BCUT2D eigenvalue weighted by atomic mass is 32.2. The Kier molecular flexibility index (Phi) is 7.45. The summed E-state index contributed by atoms with van der Waals surface area (Å²) < 4.78 is 24.3. The minimum absolute atomic E-state index is 0.167. The molecule has 0 saturated carbocycles. The summed E-state index contributed by atoms with van der Waals surface area (Å²) in [5, 5.41) is 14.5. The molecule has 0 aliphatic heterocycles. The predicted molar refractivity (Wildman–Crippen MR) is 80.8 cm³/mol. The average Bonchev–Trinajstić information content (AvgIpc) is 2.37. The fourth-order valence-corrected chi connectivity index (χ4v) is 2.33. The average molecular weight is 318 g/mol. The van der Waals surface area contributed by atoms with E-state index in [1.165, 1.54) is 12.1 Å². The second kappa shape index (κ2) is 8.84. The number of aliphatic hydroxyl groups is 1. The Morgan fingerprint density at radius 3 is 2.43 bits per heavy atom. The summed E-state index contributed by atoms with van der Waals surface area (Å²) in [4.78, 5) is 12.1. The fraction of sp³-hybridized carbons (Fsp3) is 0.500. The van der Waals surface area contributed by atoms with Crippen molar-refractivity contribution >= 4 is 23.5 Å². The van der Waals surface area contributed by atoms with Crippen LogP contribution in [0.5, 0.6) is 0 Å². The van der Waals surface area contributed by atoms with Gasteiger partial charge in [0.15, 0.2) is 0 Å². The van der Waals surface area contributed by atoms with Crippen LogP contribution in [-0.4, -0.2) is 29.5 Å². The second-order valence-electron chi connectivity index (χ2n) is 4.93. The molecule has 21 heavy (non-hydrogen) atoms. The Labute approximate surface area is 127 Å². The van der Waals surface area contributed by atoms with Gasteiger partial charge in [0.2, 0.25) is 0 Å². The van der Waals surface area contributed by atoms with E-state index in [-0.39, 0.29) is 11.9 Å². The molecular weight excluding hydrogens is 298 g/mol. The van der Waals surface area contributed by atoms with Crippen molar-refractivity contribution in [1.82, 2.24) is 5.32 Å². The predicted octanol–water partition coefficient (Wildman–Crippen LogP) is 3.53. The van der Waals surface area contributed by atoms with Crippen LogP contribution >= 0.6 is 11.8 Å². The van der Waals surface area contributed by atoms with Crippen LogP contribution in [0.25, 0.3) is 0 Å². The third kappa shape index (κ3) is 7.87. The van der Waals surface area contributed by atoms with Crippen molar-refractivity contribution in [3.05, 3.63) is 24.3 Å². The minimum atomic E-state index is -2.46. The molecule has 1 aromatic carbocycles. The summed E-state index contributed by atoms with van der Waals surface area (Å²) >= 11 is 0.460. The molecule has 0 radical (unpaired) electrons. The van der Waals surface area contributed by atoms with Gasteiger partial charge in [-0.15, -0.1) is 0 Å². The minimum Gasteiger partial charge on any atom is -0.393 e. The molecular formula is C14H20F2N2O2S. The lowest BCUT2D eigenvalue weighted by molar-refractivity contribution is 0.163. The quantitative estimate of drug-likeness (QED) is 0.674. The first-order chi connectivity index (χ1) is 9.86. The SMILES string of the molecule is CC(O)CC(C)CNC(=O)Nc1ccc(SC(F)F)cc1. The monoisotopic (exact) mass is 318 g/mol. The van der Waals surface area contributed by atoms with Crippen molar-refractivity contribution in [2.24, 2.45) is 5.92 Å². The zero-order valence-electron chi connectivity index (χ0n) is 12.0. The molecule has 4 nitrogen and oxygen atoms in total. The van der Waals surface area contributed by atoms with E-state index in [4.69, 9.17) is 0 Å². The van der Waals surface area contributed by atoms with Crippen molar-refractivity contribution in [3.63, 3.8) is 0 Å². The lowest BCUT2D eigenvalue weighted by atomic mass is 10.1. The maximum absolute atomic E-state index is 12.2. The summed E-state index contributed by atoms with van der Waals surface area (Å²) in [7, 11) is 0. The number of hydrogen-bond acceptors (Lipinski definition) is 3. The third-order valence-electron chi connectivity index (χ3n) is 2.69. The molecule has 2 amide bonds. The number of aliphatic hydroxyl groups excluding tert-OH is 1. The summed E-state index contributed by atoms with van der Waals surface area (Å²) in [6, 6.07) is 5.85. The molecule has 0 heterocycles. The Bertz CT molecular complexity index is 441. The van der Waals surface area contributed by atoms with Gasteiger partial charge in [-0.05, 0) is 43.5 Å². The van der Waals surface area contributed by atoms with Crippen LogP contribution < -0.4 is 10.6 Å². The summed E-state index contributed by atoms with van der Waals surface area (Å²) in [5.74, 6) is -2.29. The molecule has 0 aliphatic carbocycles. The van der Waals surface area contributed by atoms with Gasteiger partial charge in [0.05, 0.1) is 6.10 Å². The molecule has 3 N–H and O–H groups in total. The van der Waals surface area contributed by atoms with Gasteiger partial charge >= 0.3 is 6.03 Å². The molecule has 7 heteroatoms.